The van der Waals surface area contributed by atoms with Crippen molar-refractivity contribution in [1.29, 1.82) is 0 Å². The smallest absolute Gasteiger partial charge is 0.434 e. The minimum absolute atomic E-state index is 0.258. The van der Waals surface area contributed by atoms with E-state index in [2.05, 4.69) is 4.74 Å². The van der Waals surface area contributed by atoms with Crippen molar-refractivity contribution in [2.45, 2.75) is 85.9 Å². The van der Waals surface area contributed by atoms with Gasteiger partial charge in [-0.25, -0.2) is 4.79 Å². The van der Waals surface area contributed by atoms with Gasteiger partial charge in [-0.1, -0.05) is 41.5 Å². The second kappa shape index (κ2) is 8.90. The van der Waals surface area contributed by atoms with Crippen molar-refractivity contribution in [2.24, 2.45) is 16.7 Å². The fourth-order valence-electron chi connectivity index (χ4n) is 2.69. The lowest BCUT2D eigenvalue weighted by Gasteiger charge is -2.37. The minimum atomic E-state index is -5.84. The zero-order chi connectivity index (χ0) is 22.7. The van der Waals surface area contributed by atoms with Crippen LogP contribution in [-0.4, -0.2) is 36.5 Å². The summed E-state index contributed by atoms with van der Waals surface area (Å²) in [7, 11) is 0. The molecule has 10 heteroatoms. The van der Waals surface area contributed by atoms with Crippen LogP contribution in [0.5, 0.6) is 0 Å². The third-order valence-electron chi connectivity index (χ3n) is 4.35. The summed E-state index contributed by atoms with van der Waals surface area (Å²) in [6.45, 7) is 11.9. The number of rotatable bonds is 7. The first-order valence-corrected chi connectivity index (χ1v) is 8.80. The van der Waals surface area contributed by atoms with Gasteiger partial charge in [0.15, 0.2) is 6.10 Å². The molecule has 0 saturated carbocycles. The molecule has 0 N–H and O–H groups in total. The first-order chi connectivity index (χ1) is 12.3. The first kappa shape index (κ1) is 26.5. The van der Waals surface area contributed by atoms with Gasteiger partial charge in [-0.15, -0.1) is 0 Å². The van der Waals surface area contributed by atoms with E-state index in [4.69, 9.17) is 4.74 Å². The number of alkyl halides is 6. The van der Waals surface area contributed by atoms with Crippen molar-refractivity contribution in [1.82, 2.24) is 0 Å². The first-order valence-electron chi connectivity index (χ1n) is 8.80. The van der Waals surface area contributed by atoms with Crippen LogP contribution in [0.4, 0.5) is 26.3 Å². The summed E-state index contributed by atoms with van der Waals surface area (Å²) in [5.74, 6) is -3.03. The van der Waals surface area contributed by atoms with E-state index < -0.39 is 41.9 Å². The number of carbonyl (C=O) groups is 2. The van der Waals surface area contributed by atoms with Gasteiger partial charge in [0.25, 0.3) is 6.10 Å². The highest BCUT2D eigenvalue weighted by Crippen LogP contribution is 2.41. The average molecular weight is 422 g/mol. The van der Waals surface area contributed by atoms with Crippen molar-refractivity contribution < 1.29 is 45.4 Å². The highest BCUT2D eigenvalue weighted by Gasteiger charge is 2.60. The third kappa shape index (κ3) is 7.50. The molecular weight excluding hydrogens is 394 g/mol. The lowest BCUT2D eigenvalue weighted by atomic mass is 9.69. The minimum Gasteiger partial charge on any atom is -0.450 e. The molecule has 0 aliphatic rings. The van der Waals surface area contributed by atoms with Crippen LogP contribution in [-0.2, 0) is 19.1 Å². The van der Waals surface area contributed by atoms with Crippen LogP contribution < -0.4 is 0 Å². The van der Waals surface area contributed by atoms with Crippen molar-refractivity contribution in [3.63, 3.8) is 0 Å². The molecule has 0 aromatic heterocycles. The maximum absolute atomic E-state index is 12.7. The maximum Gasteiger partial charge on any atom is 0.434 e. The molecule has 4 nitrogen and oxygen atoms in total. The Morgan fingerprint density at radius 3 is 1.57 bits per heavy atom. The molecule has 28 heavy (non-hydrogen) atoms. The molecule has 0 aliphatic carbocycles. The van der Waals surface area contributed by atoms with Gasteiger partial charge in [0.05, 0.1) is 5.41 Å². The van der Waals surface area contributed by atoms with Crippen molar-refractivity contribution in [3.8, 4) is 0 Å². The second-order valence-electron chi connectivity index (χ2n) is 8.51. The summed E-state index contributed by atoms with van der Waals surface area (Å²) in [6, 6.07) is 0. The number of hydrogen-bond donors (Lipinski definition) is 0. The van der Waals surface area contributed by atoms with E-state index >= 15 is 0 Å². The van der Waals surface area contributed by atoms with Crippen LogP contribution in [0.2, 0.25) is 0 Å². The fraction of sp³-hybridized carbons (Fsp3) is 0.889. The lowest BCUT2D eigenvalue weighted by Crippen LogP contribution is -2.48. The molecule has 0 spiro atoms. The standard InChI is InChI=1S/C18H28F6O4/c1-8-11(12(25)28-13(17(19,20)21)18(22,23)24)27-14(26)16(7,10(2)3)9-15(4,5)6/h10-11,13H,8-9H2,1-7H3. The van der Waals surface area contributed by atoms with E-state index in [0.717, 1.165) is 0 Å². The Hall–Kier alpha value is -1.48. The van der Waals surface area contributed by atoms with E-state index in [1.54, 1.807) is 20.8 Å². The van der Waals surface area contributed by atoms with Gasteiger partial charge < -0.3 is 9.47 Å². The monoisotopic (exact) mass is 422 g/mol. The summed E-state index contributed by atoms with van der Waals surface area (Å²) in [5.41, 5.74) is -1.42. The van der Waals surface area contributed by atoms with Gasteiger partial charge in [0.2, 0.25) is 0 Å². The van der Waals surface area contributed by atoms with Crippen molar-refractivity contribution in [2.75, 3.05) is 0 Å². The second-order valence-corrected chi connectivity index (χ2v) is 8.51. The molecule has 2 atom stereocenters. The van der Waals surface area contributed by atoms with Gasteiger partial charge in [-0.2, -0.15) is 26.3 Å². The molecule has 0 aliphatic heterocycles. The highest BCUT2D eigenvalue weighted by atomic mass is 19.4. The summed E-state index contributed by atoms with van der Waals surface area (Å²) in [5, 5.41) is 0. The van der Waals surface area contributed by atoms with E-state index in [1.165, 1.54) is 6.92 Å². The summed E-state index contributed by atoms with van der Waals surface area (Å²) >= 11 is 0. The zero-order valence-electron chi connectivity index (χ0n) is 17.0. The van der Waals surface area contributed by atoms with E-state index in [9.17, 15) is 35.9 Å². The Balaban J connectivity index is 5.51. The molecule has 0 fully saturated rings. The summed E-state index contributed by atoms with van der Waals surface area (Å²) < 4.78 is 84.1. The molecule has 2 unspecified atom stereocenters. The predicted octanol–water partition coefficient (Wildman–Crippen LogP) is 5.44. The van der Waals surface area contributed by atoms with Gasteiger partial charge in [-0.05, 0) is 31.1 Å². The van der Waals surface area contributed by atoms with Gasteiger partial charge >= 0.3 is 24.3 Å². The van der Waals surface area contributed by atoms with Crippen LogP contribution in [0.3, 0.4) is 0 Å². The summed E-state index contributed by atoms with van der Waals surface area (Å²) in [4.78, 5) is 24.6. The Bertz CT molecular complexity index is 534. The molecule has 0 aromatic carbocycles. The molecule has 166 valence electrons. The number of carbonyl (C=O) groups excluding carboxylic acids is 2. The average Bonchev–Trinajstić information content (AvgIpc) is 2.45. The number of halogens is 6. The van der Waals surface area contributed by atoms with Gasteiger partial charge in [0, 0.05) is 0 Å². The molecular formula is C18H28F6O4. The maximum atomic E-state index is 12.7. The van der Waals surface area contributed by atoms with Crippen molar-refractivity contribution >= 4 is 11.9 Å². The number of hydrogen-bond acceptors (Lipinski definition) is 4. The van der Waals surface area contributed by atoms with Crippen molar-refractivity contribution in [3.05, 3.63) is 0 Å². The molecule has 0 amide bonds. The molecule has 0 heterocycles. The van der Waals surface area contributed by atoms with E-state index in [0.29, 0.717) is 6.42 Å². The molecule has 0 aromatic rings. The highest BCUT2D eigenvalue weighted by molar-refractivity contribution is 5.82. The summed E-state index contributed by atoms with van der Waals surface area (Å²) in [6.07, 6.45) is -17.8. The van der Waals surface area contributed by atoms with Crippen LogP contribution >= 0.6 is 0 Å². The molecule has 0 rings (SSSR count). The van der Waals surface area contributed by atoms with E-state index in [-0.39, 0.29) is 17.8 Å². The predicted molar refractivity (Wildman–Crippen MR) is 89.2 cm³/mol. The largest absolute Gasteiger partial charge is 0.450 e. The van der Waals surface area contributed by atoms with Gasteiger partial charge in [-0.3, -0.25) is 4.79 Å². The molecule has 0 radical (unpaired) electrons. The number of esters is 2. The Labute approximate surface area is 160 Å². The normalized spacial score (nSPS) is 16.7. The molecule has 0 bridgehead atoms. The van der Waals surface area contributed by atoms with Crippen LogP contribution in [0.15, 0.2) is 0 Å². The SMILES string of the molecule is CCC(OC(=O)C(C)(CC(C)(C)C)C(C)C)C(=O)OC(C(F)(F)F)C(F)(F)F. The lowest BCUT2D eigenvalue weighted by molar-refractivity contribution is -0.315. The van der Waals surface area contributed by atoms with Gasteiger partial charge in [0.1, 0.15) is 0 Å². The Morgan fingerprint density at radius 2 is 1.29 bits per heavy atom. The van der Waals surface area contributed by atoms with Crippen LogP contribution in [0, 0.1) is 16.7 Å². The molecule has 0 saturated heterocycles. The quantitative estimate of drug-likeness (QED) is 0.405. The van der Waals surface area contributed by atoms with E-state index in [1.807, 2.05) is 20.8 Å². The third-order valence-corrected chi connectivity index (χ3v) is 4.35. The topological polar surface area (TPSA) is 52.6 Å². The van der Waals surface area contributed by atoms with Crippen LogP contribution in [0.1, 0.15) is 61.3 Å². The number of ether oxygens (including phenoxy) is 2. The Morgan fingerprint density at radius 1 is 0.857 bits per heavy atom. The zero-order valence-corrected chi connectivity index (χ0v) is 17.0. The fourth-order valence-corrected chi connectivity index (χ4v) is 2.69. The van der Waals surface area contributed by atoms with Crippen LogP contribution in [0.25, 0.3) is 0 Å². The Kier molecular flexibility index (Phi) is 8.43.